The molecular formula is C19H23F3N2O3S. The van der Waals surface area contributed by atoms with Crippen LogP contribution < -0.4 is 0 Å². The number of hydrogen-bond acceptors (Lipinski definition) is 4. The van der Waals surface area contributed by atoms with Crippen LogP contribution in [0.1, 0.15) is 42.2 Å². The van der Waals surface area contributed by atoms with Crippen LogP contribution in [0.15, 0.2) is 45.9 Å². The van der Waals surface area contributed by atoms with E-state index in [9.17, 15) is 21.6 Å². The Hall–Kier alpha value is -1.84. The van der Waals surface area contributed by atoms with Crippen molar-refractivity contribution in [2.75, 3.05) is 20.6 Å². The quantitative estimate of drug-likeness (QED) is 0.730. The lowest BCUT2D eigenvalue weighted by Crippen LogP contribution is -2.32. The molecule has 1 fully saturated rings. The van der Waals surface area contributed by atoms with E-state index in [1.807, 2.05) is 0 Å². The van der Waals surface area contributed by atoms with Crippen LogP contribution >= 0.6 is 0 Å². The molecule has 1 atom stereocenters. The molecule has 3 rings (SSSR count). The third-order valence-electron chi connectivity index (χ3n) is 4.97. The van der Waals surface area contributed by atoms with Gasteiger partial charge in [0.25, 0.3) is 10.0 Å². The monoisotopic (exact) mass is 416 g/mol. The van der Waals surface area contributed by atoms with Crippen LogP contribution in [-0.2, 0) is 22.7 Å². The molecule has 1 aliphatic rings. The lowest BCUT2D eigenvalue weighted by Gasteiger charge is -2.35. The molecule has 1 aromatic heterocycles. The molecule has 9 heteroatoms. The van der Waals surface area contributed by atoms with E-state index in [0.717, 1.165) is 47.8 Å². The Morgan fingerprint density at radius 3 is 2.39 bits per heavy atom. The number of furan rings is 1. The Bertz CT molecular complexity index is 905. The Balaban J connectivity index is 1.78. The molecule has 1 unspecified atom stereocenters. The highest BCUT2D eigenvalue weighted by Crippen LogP contribution is 2.35. The minimum Gasteiger partial charge on any atom is -0.447 e. The number of benzene rings is 1. The lowest BCUT2D eigenvalue weighted by molar-refractivity contribution is -0.137. The number of piperidine rings is 1. The van der Waals surface area contributed by atoms with Crippen molar-refractivity contribution in [1.29, 1.82) is 0 Å². The Kier molecular flexibility index (Phi) is 5.88. The second-order valence-corrected chi connectivity index (χ2v) is 9.19. The van der Waals surface area contributed by atoms with E-state index in [1.165, 1.54) is 32.3 Å². The lowest BCUT2D eigenvalue weighted by atomic mass is 9.94. The van der Waals surface area contributed by atoms with Gasteiger partial charge in [-0.25, -0.2) is 12.7 Å². The molecule has 0 aliphatic carbocycles. The maximum absolute atomic E-state index is 12.8. The number of likely N-dealkylation sites (tertiary alicyclic amines) is 1. The summed E-state index contributed by atoms with van der Waals surface area (Å²) in [5.74, 6) is 0.513. The van der Waals surface area contributed by atoms with Crippen molar-refractivity contribution in [3.63, 3.8) is 0 Å². The molecule has 0 N–H and O–H groups in total. The molecule has 1 aliphatic heterocycles. The second kappa shape index (κ2) is 7.88. The summed E-state index contributed by atoms with van der Waals surface area (Å²) in [7, 11) is -0.773. The molecule has 28 heavy (non-hydrogen) atoms. The fourth-order valence-electron chi connectivity index (χ4n) is 3.41. The fraction of sp³-hybridized carbons (Fsp3) is 0.474. The molecule has 2 heterocycles. The summed E-state index contributed by atoms with van der Waals surface area (Å²) in [6.45, 7) is 1.16. The second-order valence-electron chi connectivity index (χ2n) is 7.11. The van der Waals surface area contributed by atoms with Crippen molar-refractivity contribution >= 4 is 10.0 Å². The number of nitrogens with zero attached hydrogens (tertiary/aromatic N) is 2. The zero-order valence-electron chi connectivity index (χ0n) is 15.7. The number of halogens is 3. The van der Waals surface area contributed by atoms with Gasteiger partial charge in [0.1, 0.15) is 5.76 Å². The summed E-state index contributed by atoms with van der Waals surface area (Å²) < 4.78 is 69.4. The van der Waals surface area contributed by atoms with Crippen LogP contribution in [0.5, 0.6) is 0 Å². The molecule has 2 aromatic rings. The zero-order valence-corrected chi connectivity index (χ0v) is 16.6. The van der Waals surface area contributed by atoms with Crippen molar-refractivity contribution in [2.45, 2.75) is 43.1 Å². The highest BCUT2D eigenvalue weighted by molar-refractivity contribution is 7.88. The van der Waals surface area contributed by atoms with Gasteiger partial charge >= 0.3 is 6.18 Å². The third kappa shape index (κ3) is 4.42. The number of sulfonamides is 1. The van der Waals surface area contributed by atoms with Gasteiger partial charge in [-0.2, -0.15) is 13.2 Å². The molecule has 0 saturated carbocycles. The maximum Gasteiger partial charge on any atom is 0.416 e. The van der Waals surface area contributed by atoms with Gasteiger partial charge in [0, 0.05) is 20.1 Å². The largest absolute Gasteiger partial charge is 0.447 e. The van der Waals surface area contributed by atoms with Crippen molar-refractivity contribution < 1.29 is 26.0 Å². The SMILES string of the molecule is CN(C)S(=O)(=O)c1ccc(CN2CCCCC2c2ccc(C(F)(F)F)cc2)o1. The molecular weight excluding hydrogens is 393 g/mol. The van der Waals surface area contributed by atoms with E-state index in [4.69, 9.17) is 4.42 Å². The summed E-state index contributed by atoms with van der Waals surface area (Å²) >= 11 is 0. The van der Waals surface area contributed by atoms with Crippen LogP contribution in [0.2, 0.25) is 0 Å². The van der Waals surface area contributed by atoms with Gasteiger partial charge in [0.05, 0.1) is 12.1 Å². The summed E-state index contributed by atoms with van der Waals surface area (Å²) in [6.07, 6.45) is -1.57. The first-order valence-electron chi connectivity index (χ1n) is 9.01. The van der Waals surface area contributed by atoms with E-state index in [2.05, 4.69) is 4.90 Å². The topological polar surface area (TPSA) is 53.8 Å². The van der Waals surface area contributed by atoms with E-state index < -0.39 is 21.8 Å². The van der Waals surface area contributed by atoms with Gasteiger partial charge < -0.3 is 4.42 Å². The average molecular weight is 416 g/mol. The normalized spacial score (nSPS) is 19.3. The van der Waals surface area contributed by atoms with Crippen LogP contribution in [0.4, 0.5) is 13.2 Å². The van der Waals surface area contributed by atoms with Gasteiger partial charge in [-0.15, -0.1) is 0 Å². The van der Waals surface area contributed by atoms with Crippen molar-refractivity contribution in [3.8, 4) is 0 Å². The van der Waals surface area contributed by atoms with E-state index in [-0.39, 0.29) is 11.1 Å². The van der Waals surface area contributed by atoms with Gasteiger partial charge in [0.15, 0.2) is 0 Å². The fourth-order valence-corrected chi connectivity index (χ4v) is 4.23. The molecule has 154 valence electrons. The first kappa shape index (κ1) is 20.9. The standard InChI is InChI=1S/C19H23F3N2O3S/c1-23(2)28(25,26)18-11-10-16(27-18)13-24-12-4-3-5-17(24)14-6-8-15(9-7-14)19(20,21)22/h6-11,17H,3-5,12-13H2,1-2H3. The Morgan fingerprint density at radius 1 is 1.11 bits per heavy atom. The number of rotatable bonds is 5. The summed E-state index contributed by atoms with van der Waals surface area (Å²) in [4.78, 5) is 2.12. The molecule has 0 radical (unpaired) electrons. The van der Waals surface area contributed by atoms with Gasteiger partial charge in [-0.05, 0) is 49.2 Å². The molecule has 1 saturated heterocycles. The molecule has 5 nitrogen and oxygen atoms in total. The summed E-state index contributed by atoms with van der Waals surface area (Å²) in [5.41, 5.74) is 0.156. The van der Waals surface area contributed by atoms with E-state index in [0.29, 0.717) is 12.3 Å². The van der Waals surface area contributed by atoms with Gasteiger partial charge in [0.2, 0.25) is 5.09 Å². The molecule has 0 bridgehead atoms. The highest BCUT2D eigenvalue weighted by Gasteiger charge is 2.31. The predicted molar refractivity (Wildman–Crippen MR) is 98.0 cm³/mol. The van der Waals surface area contributed by atoms with Crippen molar-refractivity contribution in [2.24, 2.45) is 0 Å². The minimum absolute atomic E-state index is 0.0324. The van der Waals surface area contributed by atoms with Gasteiger partial charge in [-0.3, -0.25) is 4.90 Å². The van der Waals surface area contributed by atoms with Crippen LogP contribution in [0.25, 0.3) is 0 Å². The Morgan fingerprint density at radius 2 is 1.79 bits per heavy atom. The maximum atomic E-state index is 12.8. The van der Waals surface area contributed by atoms with E-state index in [1.54, 1.807) is 6.07 Å². The van der Waals surface area contributed by atoms with Crippen LogP contribution in [0.3, 0.4) is 0 Å². The van der Waals surface area contributed by atoms with Crippen molar-refractivity contribution in [1.82, 2.24) is 9.21 Å². The summed E-state index contributed by atoms with van der Waals surface area (Å²) in [6, 6.07) is 8.30. The first-order valence-corrected chi connectivity index (χ1v) is 10.5. The third-order valence-corrected chi connectivity index (χ3v) is 6.66. The number of alkyl halides is 3. The number of hydrogen-bond donors (Lipinski definition) is 0. The Labute approximate surface area is 162 Å². The smallest absolute Gasteiger partial charge is 0.416 e. The highest BCUT2D eigenvalue weighted by atomic mass is 32.2. The first-order chi connectivity index (χ1) is 13.1. The van der Waals surface area contributed by atoms with Crippen LogP contribution in [0, 0.1) is 0 Å². The predicted octanol–water partition coefficient (Wildman–Crippen LogP) is 4.28. The van der Waals surface area contributed by atoms with Crippen LogP contribution in [-0.4, -0.2) is 38.3 Å². The van der Waals surface area contributed by atoms with Gasteiger partial charge in [-0.1, -0.05) is 18.6 Å². The van der Waals surface area contributed by atoms with Crippen molar-refractivity contribution in [3.05, 3.63) is 53.3 Å². The molecule has 0 spiro atoms. The molecule has 0 amide bonds. The van der Waals surface area contributed by atoms with E-state index >= 15 is 0 Å². The summed E-state index contributed by atoms with van der Waals surface area (Å²) in [5, 5.41) is -0.115. The zero-order chi connectivity index (χ0) is 20.5. The minimum atomic E-state index is -4.35. The average Bonchev–Trinajstić information content (AvgIpc) is 3.11. The molecule has 1 aromatic carbocycles.